The minimum absolute atomic E-state index is 0.00626. The Labute approximate surface area is 117 Å². The number of carbonyl (C=O) groups is 1. The molecule has 3 heterocycles. The zero-order valence-electron chi connectivity index (χ0n) is 12.0. The Morgan fingerprint density at radius 3 is 2.80 bits per heavy atom. The van der Waals surface area contributed by atoms with Gasteiger partial charge in [-0.25, -0.2) is 4.98 Å². The van der Waals surface area contributed by atoms with Crippen molar-refractivity contribution in [2.24, 2.45) is 0 Å². The number of nitrogens with one attached hydrogen (secondary N) is 3. The number of nitrogens with zero attached hydrogens (tertiary/aromatic N) is 2. The van der Waals surface area contributed by atoms with Crippen LogP contribution in [0.3, 0.4) is 0 Å². The fourth-order valence-electron chi connectivity index (χ4n) is 2.28. The van der Waals surface area contributed by atoms with Crippen LogP contribution in [0.15, 0.2) is 6.07 Å². The average Bonchev–Trinajstić information content (AvgIpc) is 2.97. The van der Waals surface area contributed by atoms with Crippen LogP contribution in [0, 0.1) is 0 Å². The van der Waals surface area contributed by atoms with E-state index in [1.54, 1.807) is 0 Å². The van der Waals surface area contributed by atoms with Gasteiger partial charge in [-0.05, 0) is 18.9 Å². The monoisotopic (exact) mass is 273 g/mol. The molecule has 0 bridgehead atoms. The van der Waals surface area contributed by atoms with Gasteiger partial charge in [-0.15, -0.1) is 0 Å². The number of aromatic amines is 2. The van der Waals surface area contributed by atoms with Gasteiger partial charge in [0.1, 0.15) is 11.4 Å². The van der Waals surface area contributed by atoms with Crippen molar-refractivity contribution >= 4 is 5.91 Å². The van der Waals surface area contributed by atoms with E-state index in [2.05, 4.69) is 46.3 Å². The van der Waals surface area contributed by atoms with E-state index in [9.17, 15) is 4.79 Å². The maximum atomic E-state index is 11.9. The number of amides is 1. The van der Waals surface area contributed by atoms with Gasteiger partial charge in [-0.1, -0.05) is 20.8 Å². The first-order chi connectivity index (χ1) is 9.45. The first-order valence-electron chi connectivity index (χ1n) is 6.88. The first-order valence-corrected chi connectivity index (χ1v) is 6.88. The lowest BCUT2D eigenvalue weighted by molar-refractivity contribution is 0.0951. The Morgan fingerprint density at radius 1 is 1.30 bits per heavy atom. The number of hydrogen-bond donors (Lipinski definition) is 3. The molecule has 0 aliphatic carbocycles. The molecule has 0 fully saturated rings. The second kappa shape index (κ2) is 4.47. The standard InChI is InChI=1S/C14H19N5O/c1-14(2,3)10-7-9(18-19-10)12-16-8-5-4-6-15-13(20)11(8)17-12/h7H,4-6H2,1-3H3,(H,15,20)(H,16,17)(H,18,19). The van der Waals surface area contributed by atoms with Gasteiger partial charge in [0.2, 0.25) is 0 Å². The van der Waals surface area contributed by atoms with E-state index in [0.717, 1.165) is 29.9 Å². The lowest BCUT2D eigenvalue weighted by atomic mass is 9.92. The Bertz CT molecular complexity index is 647. The quantitative estimate of drug-likeness (QED) is 0.740. The lowest BCUT2D eigenvalue weighted by Gasteiger charge is -2.14. The van der Waals surface area contributed by atoms with Crippen LogP contribution >= 0.6 is 0 Å². The number of carbonyl (C=O) groups excluding carboxylic acids is 1. The molecule has 0 spiro atoms. The Balaban J connectivity index is 1.98. The molecule has 6 nitrogen and oxygen atoms in total. The Hall–Kier alpha value is -2.11. The molecule has 0 radical (unpaired) electrons. The smallest absolute Gasteiger partial charge is 0.271 e. The Kier molecular flexibility index (Phi) is 2.88. The van der Waals surface area contributed by atoms with E-state index < -0.39 is 0 Å². The molecular formula is C14H19N5O. The summed E-state index contributed by atoms with van der Waals surface area (Å²) in [6, 6.07) is 1.98. The fraction of sp³-hybridized carbons (Fsp3) is 0.500. The normalized spacial score (nSPS) is 15.7. The van der Waals surface area contributed by atoms with Gasteiger partial charge in [-0.3, -0.25) is 9.89 Å². The van der Waals surface area contributed by atoms with Crippen LogP contribution in [0.5, 0.6) is 0 Å². The molecule has 0 saturated heterocycles. The maximum absolute atomic E-state index is 11.9. The molecule has 1 amide bonds. The SMILES string of the molecule is CC(C)(C)c1cc(-c2nc3c([nH]2)CCCNC3=O)n[nH]1. The molecule has 3 rings (SSSR count). The summed E-state index contributed by atoms with van der Waals surface area (Å²) in [5.74, 6) is 0.547. The van der Waals surface area contributed by atoms with Crippen molar-refractivity contribution in [2.75, 3.05) is 6.54 Å². The second-order valence-electron chi connectivity index (χ2n) is 6.19. The molecule has 1 aliphatic heterocycles. The summed E-state index contributed by atoms with van der Waals surface area (Å²) >= 11 is 0. The number of H-pyrrole nitrogens is 2. The van der Waals surface area contributed by atoms with Crippen molar-refractivity contribution in [3.8, 4) is 11.5 Å². The number of fused-ring (bicyclic) bond motifs is 1. The highest BCUT2D eigenvalue weighted by Crippen LogP contribution is 2.25. The van der Waals surface area contributed by atoms with Crippen LogP contribution in [-0.2, 0) is 11.8 Å². The largest absolute Gasteiger partial charge is 0.351 e. The van der Waals surface area contributed by atoms with E-state index in [4.69, 9.17) is 0 Å². The molecule has 0 aromatic carbocycles. The summed E-state index contributed by atoms with van der Waals surface area (Å²) in [6.07, 6.45) is 1.76. The van der Waals surface area contributed by atoms with Crippen molar-refractivity contribution in [1.82, 2.24) is 25.5 Å². The van der Waals surface area contributed by atoms with Crippen molar-refractivity contribution < 1.29 is 4.79 Å². The van der Waals surface area contributed by atoms with Crippen molar-refractivity contribution in [2.45, 2.75) is 39.0 Å². The highest BCUT2D eigenvalue weighted by molar-refractivity contribution is 5.94. The number of hydrogen-bond acceptors (Lipinski definition) is 3. The molecule has 1 aliphatic rings. The molecule has 0 unspecified atom stereocenters. The van der Waals surface area contributed by atoms with Crippen LogP contribution in [0.1, 0.15) is 49.1 Å². The third-order valence-corrected chi connectivity index (χ3v) is 3.51. The summed E-state index contributed by atoms with van der Waals surface area (Å²) in [5.41, 5.74) is 3.19. The summed E-state index contributed by atoms with van der Waals surface area (Å²) in [4.78, 5) is 19.5. The van der Waals surface area contributed by atoms with Crippen molar-refractivity contribution in [1.29, 1.82) is 0 Å². The van der Waals surface area contributed by atoms with Gasteiger partial charge >= 0.3 is 0 Å². The average molecular weight is 273 g/mol. The second-order valence-corrected chi connectivity index (χ2v) is 6.19. The van der Waals surface area contributed by atoms with Crippen LogP contribution in [-0.4, -0.2) is 32.6 Å². The zero-order valence-corrected chi connectivity index (χ0v) is 12.0. The topological polar surface area (TPSA) is 86.5 Å². The van der Waals surface area contributed by atoms with Crippen molar-refractivity contribution in [3.63, 3.8) is 0 Å². The molecule has 20 heavy (non-hydrogen) atoms. The molecule has 0 atom stereocenters. The van der Waals surface area contributed by atoms with E-state index in [-0.39, 0.29) is 11.3 Å². The van der Waals surface area contributed by atoms with Gasteiger partial charge in [0.15, 0.2) is 5.82 Å². The third kappa shape index (κ3) is 2.21. The minimum Gasteiger partial charge on any atom is -0.351 e. The fourth-order valence-corrected chi connectivity index (χ4v) is 2.28. The Morgan fingerprint density at radius 2 is 2.10 bits per heavy atom. The van der Waals surface area contributed by atoms with E-state index in [0.29, 0.717) is 18.1 Å². The summed E-state index contributed by atoms with van der Waals surface area (Å²) in [6.45, 7) is 7.06. The molecule has 0 saturated carbocycles. The highest BCUT2D eigenvalue weighted by atomic mass is 16.1. The third-order valence-electron chi connectivity index (χ3n) is 3.51. The van der Waals surface area contributed by atoms with Crippen LogP contribution in [0.25, 0.3) is 11.5 Å². The number of aromatic nitrogens is 4. The van der Waals surface area contributed by atoms with Gasteiger partial charge in [0, 0.05) is 23.3 Å². The molecule has 106 valence electrons. The molecular weight excluding hydrogens is 254 g/mol. The highest BCUT2D eigenvalue weighted by Gasteiger charge is 2.23. The van der Waals surface area contributed by atoms with Gasteiger partial charge in [0.05, 0.1) is 0 Å². The molecule has 2 aromatic rings. The first kappa shape index (κ1) is 12.9. The van der Waals surface area contributed by atoms with E-state index in [1.807, 2.05) is 6.07 Å². The molecule has 6 heteroatoms. The summed E-state index contributed by atoms with van der Waals surface area (Å²) < 4.78 is 0. The molecule has 2 aromatic heterocycles. The minimum atomic E-state index is -0.105. The maximum Gasteiger partial charge on any atom is 0.271 e. The van der Waals surface area contributed by atoms with Gasteiger partial charge in [0.25, 0.3) is 5.91 Å². The number of rotatable bonds is 1. The lowest BCUT2D eigenvalue weighted by Crippen LogP contribution is -2.23. The summed E-state index contributed by atoms with van der Waals surface area (Å²) in [5, 5.41) is 10.2. The molecule has 3 N–H and O–H groups in total. The van der Waals surface area contributed by atoms with E-state index >= 15 is 0 Å². The van der Waals surface area contributed by atoms with Gasteiger partial charge < -0.3 is 10.3 Å². The van der Waals surface area contributed by atoms with Crippen molar-refractivity contribution in [3.05, 3.63) is 23.1 Å². The zero-order chi connectivity index (χ0) is 14.3. The van der Waals surface area contributed by atoms with Crippen LogP contribution in [0.4, 0.5) is 0 Å². The predicted molar refractivity (Wildman–Crippen MR) is 75.5 cm³/mol. The van der Waals surface area contributed by atoms with Crippen LogP contribution < -0.4 is 5.32 Å². The van der Waals surface area contributed by atoms with E-state index in [1.165, 1.54) is 0 Å². The van der Waals surface area contributed by atoms with Gasteiger partial charge in [-0.2, -0.15) is 5.10 Å². The number of aryl methyl sites for hydroxylation is 1. The summed E-state index contributed by atoms with van der Waals surface area (Å²) in [7, 11) is 0. The predicted octanol–water partition coefficient (Wildman–Crippen LogP) is 1.77. The van der Waals surface area contributed by atoms with Crippen LogP contribution in [0.2, 0.25) is 0 Å². The number of imidazole rings is 1.